The standard InChI is InChI=1S/C31H25F4N5O3/c32-20-12-21(33)14-23(13-20)40(28(42)25-5-6-27(41)39(25)26-11-18(17-36)8-10-37-26)31(9-7-19-3-1-2-4-24(19)31)29(43)38-22-15-30(34,35)16-22/h1-4,8,10-14,22,25H,5-7,9,15-16H2,(H,38,43)/t25-,31-/m1/s1. The van der Waals surface area contributed by atoms with Gasteiger partial charge in [-0.1, -0.05) is 24.3 Å². The maximum atomic E-state index is 14.7. The van der Waals surface area contributed by atoms with Gasteiger partial charge in [0.25, 0.3) is 17.7 Å². The van der Waals surface area contributed by atoms with Gasteiger partial charge in [0.2, 0.25) is 5.91 Å². The van der Waals surface area contributed by atoms with Crippen molar-refractivity contribution in [3.8, 4) is 6.07 Å². The van der Waals surface area contributed by atoms with Gasteiger partial charge in [0, 0.05) is 37.6 Å². The molecule has 0 bridgehead atoms. The van der Waals surface area contributed by atoms with Crippen molar-refractivity contribution in [1.82, 2.24) is 10.3 Å². The Balaban J connectivity index is 1.51. The lowest BCUT2D eigenvalue weighted by Crippen LogP contribution is -2.64. The number of benzene rings is 2. The Morgan fingerprint density at radius 3 is 2.47 bits per heavy atom. The van der Waals surface area contributed by atoms with Crippen molar-refractivity contribution in [3.05, 3.63) is 89.1 Å². The third kappa shape index (κ3) is 4.88. The Labute approximate surface area is 243 Å². The minimum absolute atomic E-state index is 0.00137. The normalized spacial score (nSPS) is 22.4. The number of carbonyl (C=O) groups is 3. The second-order valence-corrected chi connectivity index (χ2v) is 11.1. The molecule has 2 heterocycles. The van der Waals surface area contributed by atoms with Gasteiger partial charge in [-0.2, -0.15) is 5.26 Å². The van der Waals surface area contributed by atoms with Crippen molar-refractivity contribution >= 4 is 29.2 Å². The number of anilines is 2. The van der Waals surface area contributed by atoms with Gasteiger partial charge in [-0.15, -0.1) is 0 Å². The van der Waals surface area contributed by atoms with E-state index in [1.807, 2.05) is 6.07 Å². The Kier molecular flexibility index (Phi) is 6.91. The van der Waals surface area contributed by atoms with Crippen molar-refractivity contribution in [1.29, 1.82) is 5.26 Å². The molecule has 3 amide bonds. The Bertz CT molecular complexity index is 1660. The second kappa shape index (κ2) is 10.5. The molecule has 2 aromatic carbocycles. The predicted octanol–water partition coefficient (Wildman–Crippen LogP) is 4.52. The summed E-state index contributed by atoms with van der Waals surface area (Å²) >= 11 is 0. The summed E-state index contributed by atoms with van der Waals surface area (Å²) in [6, 6.07) is 11.9. The highest BCUT2D eigenvalue weighted by atomic mass is 19.3. The molecule has 1 aliphatic heterocycles. The Morgan fingerprint density at radius 1 is 1.05 bits per heavy atom. The first kappa shape index (κ1) is 28.3. The summed E-state index contributed by atoms with van der Waals surface area (Å²) in [5.41, 5.74) is -0.867. The number of nitrogens with zero attached hydrogens (tertiary/aromatic N) is 4. The van der Waals surface area contributed by atoms with Crippen LogP contribution in [0.1, 0.15) is 48.8 Å². The van der Waals surface area contributed by atoms with Gasteiger partial charge in [0.05, 0.1) is 17.3 Å². The van der Waals surface area contributed by atoms with Crippen LogP contribution in [0.15, 0.2) is 60.8 Å². The number of nitrogens with one attached hydrogen (secondary N) is 1. The van der Waals surface area contributed by atoms with Crippen LogP contribution in [0.25, 0.3) is 0 Å². The number of pyridine rings is 1. The molecule has 0 unspecified atom stereocenters. The summed E-state index contributed by atoms with van der Waals surface area (Å²) in [7, 11) is 0. The molecule has 220 valence electrons. The molecule has 2 atom stereocenters. The lowest BCUT2D eigenvalue weighted by atomic mass is 9.83. The third-order valence-corrected chi connectivity index (χ3v) is 8.35. The fourth-order valence-electron chi connectivity index (χ4n) is 6.41. The Morgan fingerprint density at radius 2 is 1.77 bits per heavy atom. The molecule has 0 spiro atoms. The zero-order valence-electron chi connectivity index (χ0n) is 22.7. The number of aromatic nitrogens is 1. The number of amides is 3. The molecule has 1 N–H and O–H groups in total. The highest BCUT2D eigenvalue weighted by Gasteiger charge is 2.57. The molecule has 3 aromatic rings. The maximum absolute atomic E-state index is 14.7. The zero-order valence-corrected chi connectivity index (χ0v) is 22.7. The molecule has 2 aliphatic carbocycles. The monoisotopic (exact) mass is 591 g/mol. The molecule has 1 saturated carbocycles. The lowest BCUT2D eigenvalue weighted by molar-refractivity contribution is -0.137. The van der Waals surface area contributed by atoms with E-state index in [-0.39, 0.29) is 36.3 Å². The van der Waals surface area contributed by atoms with Gasteiger partial charge >= 0.3 is 0 Å². The number of halogens is 4. The van der Waals surface area contributed by atoms with Crippen molar-refractivity contribution in [2.45, 2.75) is 62.1 Å². The predicted molar refractivity (Wildman–Crippen MR) is 146 cm³/mol. The molecule has 43 heavy (non-hydrogen) atoms. The molecular formula is C31H25F4N5O3. The van der Waals surface area contributed by atoms with Crippen LogP contribution >= 0.6 is 0 Å². The maximum Gasteiger partial charge on any atom is 0.252 e. The first-order valence-electron chi connectivity index (χ1n) is 13.8. The van der Waals surface area contributed by atoms with Gasteiger partial charge in [0.1, 0.15) is 23.5 Å². The molecule has 8 nitrogen and oxygen atoms in total. The number of fused-ring (bicyclic) bond motifs is 1. The van der Waals surface area contributed by atoms with E-state index in [1.54, 1.807) is 24.3 Å². The summed E-state index contributed by atoms with van der Waals surface area (Å²) in [6.45, 7) is 0. The molecule has 1 saturated heterocycles. The quantitative estimate of drug-likeness (QED) is 0.425. The topological polar surface area (TPSA) is 106 Å². The van der Waals surface area contributed by atoms with Gasteiger partial charge in [-0.05, 0) is 54.7 Å². The molecular weight excluding hydrogens is 566 g/mol. The van der Waals surface area contributed by atoms with Crippen LogP contribution in [0.4, 0.5) is 29.1 Å². The Hall–Kier alpha value is -4.79. The van der Waals surface area contributed by atoms with Crippen molar-refractivity contribution in [2.24, 2.45) is 0 Å². The number of rotatable bonds is 6. The van der Waals surface area contributed by atoms with E-state index >= 15 is 0 Å². The summed E-state index contributed by atoms with van der Waals surface area (Å²) in [6.07, 6.45) is 0.401. The van der Waals surface area contributed by atoms with Crippen molar-refractivity contribution in [3.63, 3.8) is 0 Å². The molecule has 0 radical (unpaired) electrons. The van der Waals surface area contributed by atoms with Crippen LogP contribution in [0, 0.1) is 23.0 Å². The minimum atomic E-state index is -2.93. The first-order valence-corrected chi connectivity index (χ1v) is 13.8. The SMILES string of the molecule is N#Cc1ccnc(N2C(=O)CC[C@@H]2C(=O)N(c2cc(F)cc(F)c2)[C@]2(C(=O)NC3CC(F)(F)C3)CCc3ccccc32)c1. The molecule has 6 rings (SSSR count). The molecule has 3 aliphatic rings. The van der Waals surface area contributed by atoms with Gasteiger partial charge in [-0.25, -0.2) is 22.5 Å². The number of nitriles is 1. The fourth-order valence-corrected chi connectivity index (χ4v) is 6.41. The highest BCUT2D eigenvalue weighted by molar-refractivity contribution is 6.12. The highest BCUT2D eigenvalue weighted by Crippen LogP contribution is 2.47. The van der Waals surface area contributed by atoms with E-state index < -0.39 is 65.7 Å². The van der Waals surface area contributed by atoms with Crippen LogP contribution in [0.2, 0.25) is 0 Å². The number of hydrogen-bond donors (Lipinski definition) is 1. The zero-order chi connectivity index (χ0) is 30.5. The average Bonchev–Trinajstić information content (AvgIpc) is 3.53. The largest absolute Gasteiger partial charge is 0.351 e. The molecule has 2 fully saturated rings. The van der Waals surface area contributed by atoms with Gasteiger partial charge in [-0.3, -0.25) is 24.2 Å². The smallest absolute Gasteiger partial charge is 0.252 e. The number of carbonyl (C=O) groups excluding carboxylic acids is 3. The third-order valence-electron chi connectivity index (χ3n) is 8.35. The van der Waals surface area contributed by atoms with Crippen LogP contribution < -0.4 is 15.1 Å². The van der Waals surface area contributed by atoms with E-state index in [0.717, 1.165) is 21.9 Å². The van der Waals surface area contributed by atoms with E-state index in [1.165, 1.54) is 18.3 Å². The van der Waals surface area contributed by atoms with E-state index in [0.29, 0.717) is 23.6 Å². The molecule has 1 aromatic heterocycles. The number of aryl methyl sites for hydroxylation is 1. The van der Waals surface area contributed by atoms with E-state index in [2.05, 4.69) is 10.3 Å². The summed E-state index contributed by atoms with van der Waals surface area (Å²) in [5, 5.41) is 12.0. The first-order chi connectivity index (χ1) is 20.5. The van der Waals surface area contributed by atoms with E-state index in [9.17, 15) is 37.2 Å². The number of hydrogen-bond acceptors (Lipinski definition) is 5. The summed E-state index contributed by atoms with van der Waals surface area (Å²) < 4.78 is 56.9. The second-order valence-electron chi connectivity index (χ2n) is 11.1. The van der Waals surface area contributed by atoms with Crippen LogP contribution in [0.3, 0.4) is 0 Å². The number of alkyl halides is 2. The van der Waals surface area contributed by atoms with Crippen LogP contribution in [-0.2, 0) is 26.3 Å². The van der Waals surface area contributed by atoms with Crippen LogP contribution in [-0.4, -0.2) is 40.7 Å². The molecule has 12 heteroatoms. The summed E-state index contributed by atoms with van der Waals surface area (Å²) in [5.74, 6) is -6.95. The van der Waals surface area contributed by atoms with Gasteiger partial charge in [0.15, 0.2) is 5.54 Å². The fraction of sp³-hybridized carbons (Fsp3) is 0.323. The average molecular weight is 592 g/mol. The van der Waals surface area contributed by atoms with Crippen LogP contribution in [0.5, 0.6) is 0 Å². The summed E-state index contributed by atoms with van der Waals surface area (Å²) in [4.78, 5) is 48.4. The lowest BCUT2D eigenvalue weighted by Gasteiger charge is -2.45. The van der Waals surface area contributed by atoms with Gasteiger partial charge < -0.3 is 5.32 Å². The minimum Gasteiger partial charge on any atom is -0.351 e. The van der Waals surface area contributed by atoms with Crippen molar-refractivity contribution < 1.29 is 31.9 Å². The van der Waals surface area contributed by atoms with E-state index in [4.69, 9.17) is 0 Å². The van der Waals surface area contributed by atoms with Crippen molar-refractivity contribution in [2.75, 3.05) is 9.80 Å².